The summed E-state index contributed by atoms with van der Waals surface area (Å²) in [5, 5.41) is 2.65. The van der Waals surface area contributed by atoms with Gasteiger partial charge in [-0.15, -0.1) is 0 Å². The summed E-state index contributed by atoms with van der Waals surface area (Å²) in [5.41, 5.74) is 0.680. The highest BCUT2D eigenvalue weighted by molar-refractivity contribution is 6.03. The van der Waals surface area contributed by atoms with Gasteiger partial charge in [0.15, 0.2) is 0 Å². The summed E-state index contributed by atoms with van der Waals surface area (Å²) >= 11 is 0. The fourth-order valence-electron chi connectivity index (χ4n) is 2.64. The van der Waals surface area contributed by atoms with E-state index in [2.05, 4.69) is 27.1 Å². The van der Waals surface area contributed by atoms with E-state index in [1.165, 1.54) is 18.5 Å². The van der Waals surface area contributed by atoms with Gasteiger partial charge in [0, 0.05) is 24.8 Å². The van der Waals surface area contributed by atoms with Crippen LogP contribution in [0.3, 0.4) is 0 Å². The molecule has 2 aromatic rings. The van der Waals surface area contributed by atoms with Crippen molar-refractivity contribution < 1.29 is 9.18 Å². The Morgan fingerprint density at radius 3 is 2.78 bits per heavy atom. The zero-order valence-corrected chi connectivity index (χ0v) is 13.0. The van der Waals surface area contributed by atoms with Crippen LogP contribution in [0.1, 0.15) is 30.3 Å². The normalized spacial score (nSPS) is 15.5. The third kappa shape index (κ3) is 3.83. The summed E-state index contributed by atoms with van der Waals surface area (Å²) in [4.78, 5) is 22.7. The first-order valence-electron chi connectivity index (χ1n) is 7.76. The molecule has 1 aliphatic heterocycles. The monoisotopic (exact) mass is 314 g/mol. The number of carbonyl (C=O) groups is 1. The van der Waals surface area contributed by atoms with Crippen LogP contribution in [0.5, 0.6) is 0 Å². The van der Waals surface area contributed by atoms with E-state index in [1.54, 1.807) is 18.2 Å². The second-order valence-corrected chi connectivity index (χ2v) is 5.90. The lowest BCUT2D eigenvalue weighted by molar-refractivity contribution is 0.102. The lowest BCUT2D eigenvalue weighted by atomic mass is 9.99. The molecule has 0 spiro atoms. The van der Waals surface area contributed by atoms with E-state index in [0.717, 1.165) is 37.7 Å². The van der Waals surface area contributed by atoms with Crippen molar-refractivity contribution in [1.82, 2.24) is 9.97 Å². The van der Waals surface area contributed by atoms with Crippen LogP contribution in [0.2, 0.25) is 0 Å². The molecular weight excluding hydrogens is 295 g/mol. The Kier molecular flexibility index (Phi) is 4.50. The number of hydrogen-bond acceptors (Lipinski definition) is 4. The Hall–Kier alpha value is -2.50. The summed E-state index contributed by atoms with van der Waals surface area (Å²) in [6, 6.07) is 7.47. The highest BCUT2D eigenvalue weighted by Gasteiger charge is 2.18. The van der Waals surface area contributed by atoms with E-state index >= 15 is 0 Å². The standard InChI is InChI=1S/C17H19FN4O/c1-12-5-7-22(8-6-12)16-10-15(19-11-20-16)17(23)21-14-4-2-3-13(18)9-14/h2-4,9-12H,5-8H2,1H3,(H,21,23). The van der Waals surface area contributed by atoms with Gasteiger partial charge < -0.3 is 10.2 Å². The van der Waals surface area contributed by atoms with E-state index in [-0.39, 0.29) is 11.6 Å². The molecule has 1 aromatic heterocycles. The number of amides is 1. The molecule has 1 fully saturated rings. The lowest BCUT2D eigenvalue weighted by Gasteiger charge is -2.31. The fraction of sp³-hybridized carbons (Fsp3) is 0.353. The molecule has 3 rings (SSSR count). The van der Waals surface area contributed by atoms with Crippen molar-refractivity contribution in [2.24, 2.45) is 5.92 Å². The third-order valence-electron chi connectivity index (χ3n) is 4.08. The molecular formula is C17H19FN4O. The first-order chi connectivity index (χ1) is 11.1. The maximum atomic E-state index is 13.2. The van der Waals surface area contributed by atoms with Gasteiger partial charge in [-0.25, -0.2) is 14.4 Å². The minimum atomic E-state index is -0.395. The second kappa shape index (κ2) is 6.73. The molecule has 120 valence electrons. The summed E-state index contributed by atoms with van der Waals surface area (Å²) in [6.45, 7) is 4.11. The van der Waals surface area contributed by atoms with E-state index in [0.29, 0.717) is 5.69 Å². The number of nitrogens with zero attached hydrogens (tertiary/aromatic N) is 3. The number of benzene rings is 1. The van der Waals surface area contributed by atoms with E-state index < -0.39 is 5.82 Å². The second-order valence-electron chi connectivity index (χ2n) is 5.90. The summed E-state index contributed by atoms with van der Waals surface area (Å²) in [6.07, 6.45) is 3.64. The molecule has 0 unspecified atom stereocenters. The highest BCUT2D eigenvalue weighted by atomic mass is 19.1. The molecule has 0 saturated carbocycles. The molecule has 0 atom stereocenters. The molecule has 0 bridgehead atoms. The maximum Gasteiger partial charge on any atom is 0.274 e. The van der Waals surface area contributed by atoms with Crippen LogP contribution >= 0.6 is 0 Å². The molecule has 1 aromatic carbocycles. The minimum absolute atomic E-state index is 0.276. The van der Waals surface area contributed by atoms with Crippen LogP contribution in [0, 0.1) is 11.7 Å². The Balaban J connectivity index is 1.72. The summed E-state index contributed by atoms with van der Waals surface area (Å²) in [5.74, 6) is 0.721. The predicted octanol–water partition coefficient (Wildman–Crippen LogP) is 3.10. The highest BCUT2D eigenvalue weighted by Crippen LogP contribution is 2.21. The number of anilines is 2. The van der Waals surface area contributed by atoms with Crippen LogP contribution in [-0.4, -0.2) is 29.0 Å². The quantitative estimate of drug-likeness (QED) is 0.946. The smallest absolute Gasteiger partial charge is 0.274 e. The van der Waals surface area contributed by atoms with Crippen LogP contribution in [0.25, 0.3) is 0 Å². The van der Waals surface area contributed by atoms with Gasteiger partial charge in [-0.3, -0.25) is 4.79 Å². The SMILES string of the molecule is CC1CCN(c2cc(C(=O)Nc3cccc(F)c3)ncn2)CC1. The molecule has 5 nitrogen and oxygen atoms in total. The lowest BCUT2D eigenvalue weighted by Crippen LogP contribution is -2.33. The van der Waals surface area contributed by atoms with Crippen LogP contribution in [0.4, 0.5) is 15.9 Å². The molecule has 2 heterocycles. The molecule has 0 aliphatic carbocycles. The molecule has 6 heteroatoms. The number of hydrogen-bond donors (Lipinski definition) is 1. The van der Waals surface area contributed by atoms with Crippen molar-refractivity contribution in [1.29, 1.82) is 0 Å². The van der Waals surface area contributed by atoms with Gasteiger partial charge in [-0.2, -0.15) is 0 Å². The largest absolute Gasteiger partial charge is 0.356 e. The van der Waals surface area contributed by atoms with E-state index in [4.69, 9.17) is 0 Å². The van der Waals surface area contributed by atoms with E-state index in [9.17, 15) is 9.18 Å². The number of nitrogens with one attached hydrogen (secondary N) is 1. The van der Waals surface area contributed by atoms with Crippen LogP contribution in [-0.2, 0) is 0 Å². The first-order valence-corrected chi connectivity index (χ1v) is 7.76. The summed E-state index contributed by atoms with van der Waals surface area (Å²) < 4.78 is 13.2. The Labute approximate surface area is 134 Å². The van der Waals surface area contributed by atoms with Gasteiger partial charge in [0.05, 0.1) is 0 Å². The molecule has 1 saturated heterocycles. The molecule has 1 amide bonds. The van der Waals surface area contributed by atoms with Gasteiger partial charge in [0.25, 0.3) is 5.91 Å². The zero-order valence-electron chi connectivity index (χ0n) is 13.0. The van der Waals surface area contributed by atoms with Crippen molar-refractivity contribution >= 4 is 17.4 Å². The molecule has 1 N–H and O–H groups in total. The van der Waals surface area contributed by atoms with Crippen LogP contribution < -0.4 is 10.2 Å². The third-order valence-corrected chi connectivity index (χ3v) is 4.08. The van der Waals surface area contributed by atoms with Crippen molar-refractivity contribution in [2.75, 3.05) is 23.3 Å². The van der Waals surface area contributed by atoms with E-state index in [1.807, 2.05) is 0 Å². The molecule has 0 radical (unpaired) electrons. The zero-order chi connectivity index (χ0) is 16.2. The Morgan fingerprint density at radius 2 is 2.04 bits per heavy atom. The van der Waals surface area contributed by atoms with Crippen molar-refractivity contribution in [3.63, 3.8) is 0 Å². The van der Waals surface area contributed by atoms with Crippen molar-refractivity contribution in [2.45, 2.75) is 19.8 Å². The van der Waals surface area contributed by atoms with Gasteiger partial charge in [0.1, 0.15) is 23.7 Å². The van der Waals surface area contributed by atoms with Gasteiger partial charge in [-0.1, -0.05) is 13.0 Å². The Bertz CT molecular complexity index is 698. The number of piperidine rings is 1. The average Bonchev–Trinajstić information content (AvgIpc) is 2.56. The van der Waals surface area contributed by atoms with Crippen molar-refractivity contribution in [3.8, 4) is 0 Å². The average molecular weight is 314 g/mol. The van der Waals surface area contributed by atoms with Crippen molar-refractivity contribution in [3.05, 3.63) is 48.2 Å². The van der Waals surface area contributed by atoms with Gasteiger partial charge in [0.2, 0.25) is 0 Å². The van der Waals surface area contributed by atoms with Crippen LogP contribution in [0.15, 0.2) is 36.7 Å². The number of aromatic nitrogens is 2. The topological polar surface area (TPSA) is 58.1 Å². The predicted molar refractivity (Wildman–Crippen MR) is 87.0 cm³/mol. The van der Waals surface area contributed by atoms with Gasteiger partial charge in [-0.05, 0) is 37.0 Å². The minimum Gasteiger partial charge on any atom is -0.356 e. The molecule has 23 heavy (non-hydrogen) atoms. The number of rotatable bonds is 3. The van der Waals surface area contributed by atoms with Gasteiger partial charge >= 0.3 is 0 Å². The first kappa shape index (κ1) is 15.4. The summed E-state index contributed by atoms with van der Waals surface area (Å²) in [7, 11) is 0. The number of carbonyl (C=O) groups excluding carboxylic acids is 1. The molecule has 1 aliphatic rings. The Morgan fingerprint density at radius 1 is 1.26 bits per heavy atom. The maximum absolute atomic E-state index is 13.2. The fourth-order valence-corrected chi connectivity index (χ4v) is 2.64. The number of halogens is 1.